The molecule has 0 aromatic heterocycles. The first-order valence-corrected chi connectivity index (χ1v) is 10.8. The van der Waals surface area contributed by atoms with E-state index in [4.69, 9.17) is 9.47 Å². The van der Waals surface area contributed by atoms with E-state index in [0.29, 0.717) is 31.2 Å². The van der Waals surface area contributed by atoms with E-state index in [9.17, 15) is 14.4 Å². The van der Waals surface area contributed by atoms with Crippen molar-refractivity contribution in [2.75, 3.05) is 13.7 Å². The zero-order chi connectivity index (χ0) is 22.2. The minimum atomic E-state index is -0.563. The van der Waals surface area contributed by atoms with Crippen molar-refractivity contribution < 1.29 is 23.9 Å². The third-order valence-corrected chi connectivity index (χ3v) is 5.84. The Morgan fingerprint density at radius 2 is 1.83 bits per heavy atom. The maximum atomic E-state index is 12.3. The quantitative estimate of drug-likeness (QED) is 0.564. The third-order valence-electron chi connectivity index (χ3n) is 5.84. The van der Waals surface area contributed by atoms with E-state index < -0.39 is 11.7 Å². The molecular formula is C22H40N2O5. The Hall–Kier alpha value is -1.79. The summed E-state index contributed by atoms with van der Waals surface area (Å²) in [5, 5.41) is 5.88. The minimum absolute atomic E-state index is 0.00922. The number of methoxy groups -OCH3 is 1. The smallest absolute Gasteiger partial charge is 0.407 e. The standard InChI is InChI=1S/C22H40N2O5/c1-8-16(14(2)13-23-15(3)25)9-10-17-11-18(20(26)28-7)12-19(17)24-21(27)29-22(4,5)6/h14,16-19H,8-13H2,1-7H3,(H,23,25)(H,24,27)/t14?,16-,17?,18?,19-/m1/s1. The molecule has 0 aromatic carbocycles. The lowest BCUT2D eigenvalue weighted by atomic mass is 9.83. The maximum Gasteiger partial charge on any atom is 0.407 e. The van der Waals surface area contributed by atoms with Crippen molar-refractivity contribution in [2.24, 2.45) is 23.7 Å². The molecule has 0 bridgehead atoms. The van der Waals surface area contributed by atoms with Gasteiger partial charge in [-0.15, -0.1) is 0 Å². The van der Waals surface area contributed by atoms with Crippen LogP contribution in [0.3, 0.4) is 0 Å². The highest BCUT2D eigenvalue weighted by atomic mass is 16.6. The van der Waals surface area contributed by atoms with Gasteiger partial charge in [0.15, 0.2) is 0 Å². The molecule has 5 atom stereocenters. The van der Waals surface area contributed by atoms with E-state index in [-0.39, 0.29) is 29.8 Å². The van der Waals surface area contributed by atoms with Crippen molar-refractivity contribution in [3.63, 3.8) is 0 Å². The number of ether oxygens (including phenoxy) is 2. The van der Waals surface area contributed by atoms with Crippen molar-refractivity contribution >= 4 is 18.0 Å². The number of esters is 1. The molecule has 0 aliphatic heterocycles. The van der Waals surface area contributed by atoms with Crippen LogP contribution in [0.4, 0.5) is 4.79 Å². The molecule has 168 valence electrons. The molecule has 0 spiro atoms. The van der Waals surface area contributed by atoms with Crippen LogP contribution in [0.5, 0.6) is 0 Å². The Morgan fingerprint density at radius 1 is 1.17 bits per heavy atom. The summed E-state index contributed by atoms with van der Waals surface area (Å²) in [7, 11) is 1.41. The molecule has 0 aromatic rings. The van der Waals surface area contributed by atoms with E-state index in [1.54, 1.807) is 0 Å². The number of alkyl carbamates (subject to hydrolysis) is 1. The minimum Gasteiger partial charge on any atom is -0.469 e. The van der Waals surface area contributed by atoms with Crippen LogP contribution in [0.1, 0.15) is 73.6 Å². The Kier molecular flexibility index (Phi) is 9.93. The molecular weight excluding hydrogens is 372 g/mol. The molecule has 3 unspecified atom stereocenters. The first-order chi connectivity index (χ1) is 13.5. The van der Waals surface area contributed by atoms with Crippen molar-refractivity contribution in [2.45, 2.75) is 85.3 Å². The number of carbonyl (C=O) groups is 3. The fourth-order valence-corrected chi connectivity index (χ4v) is 4.23. The fourth-order valence-electron chi connectivity index (χ4n) is 4.23. The number of amides is 2. The first kappa shape index (κ1) is 25.2. The van der Waals surface area contributed by atoms with Crippen molar-refractivity contribution in [3.05, 3.63) is 0 Å². The van der Waals surface area contributed by atoms with Gasteiger partial charge in [-0.25, -0.2) is 4.79 Å². The summed E-state index contributed by atoms with van der Waals surface area (Å²) in [5.41, 5.74) is -0.563. The average molecular weight is 413 g/mol. The summed E-state index contributed by atoms with van der Waals surface area (Å²) in [6.45, 7) is 12.0. The zero-order valence-electron chi connectivity index (χ0n) is 19.2. The van der Waals surface area contributed by atoms with Crippen molar-refractivity contribution in [1.29, 1.82) is 0 Å². The molecule has 7 nitrogen and oxygen atoms in total. The van der Waals surface area contributed by atoms with Crippen LogP contribution in [-0.4, -0.2) is 43.3 Å². The molecule has 0 heterocycles. The van der Waals surface area contributed by atoms with Crippen LogP contribution < -0.4 is 10.6 Å². The molecule has 2 N–H and O–H groups in total. The lowest BCUT2D eigenvalue weighted by molar-refractivity contribution is -0.145. The van der Waals surface area contributed by atoms with Crippen LogP contribution in [0.25, 0.3) is 0 Å². The lowest BCUT2D eigenvalue weighted by Gasteiger charge is -2.27. The van der Waals surface area contributed by atoms with Gasteiger partial charge in [0.25, 0.3) is 0 Å². The summed E-state index contributed by atoms with van der Waals surface area (Å²) >= 11 is 0. The topological polar surface area (TPSA) is 93.7 Å². The van der Waals surface area contributed by atoms with Gasteiger partial charge in [0.1, 0.15) is 5.60 Å². The molecule has 1 saturated carbocycles. The van der Waals surface area contributed by atoms with Gasteiger partial charge in [-0.05, 0) is 64.2 Å². The number of hydrogen-bond acceptors (Lipinski definition) is 5. The van der Waals surface area contributed by atoms with Gasteiger partial charge < -0.3 is 20.1 Å². The Morgan fingerprint density at radius 3 is 2.34 bits per heavy atom. The molecule has 2 amide bonds. The van der Waals surface area contributed by atoms with Gasteiger partial charge >= 0.3 is 12.1 Å². The van der Waals surface area contributed by atoms with Crippen molar-refractivity contribution in [1.82, 2.24) is 10.6 Å². The molecule has 1 aliphatic rings. The Labute approximate surface area is 175 Å². The van der Waals surface area contributed by atoms with Crippen LogP contribution in [0.15, 0.2) is 0 Å². The van der Waals surface area contributed by atoms with E-state index in [0.717, 1.165) is 19.3 Å². The number of carbonyl (C=O) groups excluding carboxylic acids is 3. The van der Waals surface area contributed by atoms with Gasteiger partial charge in [-0.1, -0.05) is 20.3 Å². The summed E-state index contributed by atoms with van der Waals surface area (Å²) in [5.74, 6) is 0.634. The number of rotatable bonds is 9. The predicted octanol–water partition coefficient (Wildman–Crippen LogP) is 3.66. The van der Waals surface area contributed by atoms with Gasteiger partial charge in [-0.3, -0.25) is 9.59 Å². The lowest BCUT2D eigenvalue weighted by Crippen LogP contribution is -2.41. The van der Waals surface area contributed by atoms with Crippen LogP contribution in [0.2, 0.25) is 0 Å². The largest absolute Gasteiger partial charge is 0.469 e. The highest BCUT2D eigenvalue weighted by Gasteiger charge is 2.40. The molecule has 0 saturated heterocycles. The third kappa shape index (κ3) is 9.05. The molecule has 1 rings (SSSR count). The number of nitrogens with one attached hydrogen (secondary N) is 2. The molecule has 7 heteroatoms. The fraction of sp³-hybridized carbons (Fsp3) is 0.864. The SMILES string of the molecule is CC[C@H](CCC1CC(C(=O)OC)C[C@H]1NC(=O)OC(C)(C)C)C(C)CNC(C)=O. The summed E-state index contributed by atoms with van der Waals surface area (Å²) in [4.78, 5) is 35.5. The van der Waals surface area contributed by atoms with Crippen LogP contribution >= 0.6 is 0 Å². The van der Waals surface area contributed by atoms with E-state index in [2.05, 4.69) is 24.5 Å². The molecule has 1 fully saturated rings. The monoisotopic (exact) mass is 412 g/mol. The van der Waals surface area contributed by atoms with E-state index in [1.165, 1.54) is 14.0 Å². The van der Waals surface area contributed by atoms with Gasteiger partial charge in [-0.2, -0.15) is 0 Å². The highest BCUT2D eigenvalue weighted by Crippen LogP contribution is 2.37. The molecule has 0 radical (unpaired) electrons. The summed E-state index contributed by atoms with van der Waals surface area (Å²) in [6.07, 6.45) is 3.78. The highest BCUT2D eigenvalue weighted by molar-refractivity contribution is 5.73. The summed E-state index contributed by atoms with van der Waals surface area (Å²) < 4.78 is 10.3. The first-order valence-electron chi connectivity index (χ1n) is 10.8. The van der Waals surface area contributed by atoms with Crippen LogP contribution in [0, 0.1) is 23.7 Å². The average Bonchev–Trinajstić information content (AvgIpc) is 3.00. The van der Waals surface area contributed by atoms with Crippen LogP contribution in [-0.2, 0) is 19.1 Å². The van der Waals surface area contributed by atoms with E-state index >= 15 is 0 Å². The van der Waals surface area contributed by atoms with Gasteiger partial charge in [0.05, 0.1) is 13.0 Å². The second-order valence-electron chi connectivity index (χ2n) is 9.36. The second kappa shape index (κ2) is 11.4. The van der Waals surface area contributed by atoms with Gasteiger partial charge in [0, 0.05) is 19.5 Å². The number of hydrogen-bond donors (Lipinski definition) is 2. The Balaban J connectivity index is 2.72. The second-order valence-corrected chi connectivity index (χ2v) is 9.36. The normalized spacial score (nSPS) is 23.8. The molecule has 1 aliphatic carbocycles. The van der Waals surface area contributed by atoms with Gasteiger partial charge in [0.2, 0.25) is 5.91 Å². The predicted molar refractivity (Wildman–Crippen MR) is 112 cm³/mol. The molecule has 29 heavy (non-hydrogen) atoms. The Bertz CT molecular complexity index is 558. The van der Waals surface area contributed by atoms with Crippen molar-refractivity contribution in [3.8, 4) is 0 Å². The summed E-state index contributed by atoms with van der Waals surface area (Å²) in [6, 6.07) is -0.0999. The van der Waals surface area contributed by atoms with E-state index in [1.807, 2.05) is 20.8 Å². The maximum absolute atomic E-state index is 12.3. The zero-order valence-corrected chi connectivity index (χ0v) is 19.2.